The van der Waals surface area contributed by atoms with Crippen LogP contribution in [0.1, 0.15) is 47.0 Å². The van der Waals surface area contributed by atoms with Gasteiger partial charge in [0.05, 0.1) is 6.61 Å². The number of rotatable bonds is 1. The monoisotopic (exact) mass is 254 g/mol. The molecule has 0 aromatic rings. The summed E-state index contributed by atoms with van der Waals surface area (Å²) >= 11 is 0. The van der Waals surface area contributed by atoms with E-state index in [1.54, 1.807) is 0 Å². The van der Waals surface area contributed by atoms with Crippen LogP contribution in [0.5, 0.6) is 0 Å². The quantitative estimate of drug-likeness (QED) is 0.778. The number of nitrogens with zero attached hydrogens (tertiary/aromatic N) is 1. The van der Waals surface area contributed by atoms with Gasteiger partial charge in [-0.2, -0.15) is 0 Å². The van der Waals surface area contributed by atoms with E-state index in [0.29, 0.717) is 12.0 Å². The van der Waals surface area contributed by atoms with E-state index < -0.39 is 0 Å². The van der Waals surface area contributed by atoms with Crippen LogP contribution in [0.4, 0.5) is 0 Å². The lowest BCUT2D eigenvalue weighted by molar-refractivity contribution is -0.170. The van der Waals surface area contributed by atoms with Crippen molar-refractivity contribution in [3.8, 4) is 0 Å². The Morgan fingerprint density at radius 2 is 1.94 bits per heavy atom. The van der Waals surface area contributed by atoms with Gasteiger partial charge in [0, 0.05) is 24.4 Å². The Balaban J connectivity index is 2.11. The zero-order valence-electron chi connectivity index (χ0n) is 12.8. The van der Waals surface area contributed by atoms with Crippen LogP contribution < -0.4 is 5.32 Å². The summed E-state index contributed by atoms with van der Waals surface area (Å²) in [5.74, 6) is 0.654. The van der Waals surface area contributed by atoms with Crippen molar-refractivity contribution in [3.63, 3.8) is 0 Å². The molecule has 2 unspecified atom stereocenters. The fraction of sp³-hybridized carbons (Fsp3) is 1.00. The number of hydrogen-bond acceptors (Lipinski definition) is 3. The zero-order chi connectivity index (χ0) is 13.4. The highest BCUT2D eigenvalue weighted by Crippen LogP contribution is 2.37. The van der Waals surface area contributed by atoms with Gasteiger partial charge in [-0.05, 0) is 32.4 Å². The van der Waals surface area contributed by atoms with Crippen LogP contribution in [0.3, 0.4) is 0 Å². The van der Waals surface area contributed by atoms with Crippen molar-refractivity contribution >= 4 is 0 Å². The number of nitrogens with one attached hydrogen (secondary N) is 1. The van der Waals surface area contributed by atoms with Crippen molar-refractivity contribution in [2.75, 3.05) is 26.7 Å². The second-order valence-electron chi connectivity index (χ2n) is 7.29. The van der Waals surface area contributed by atoms with Crippen molar-refractivity contribution in [2.24, 2.45) is 11.3 Å². The van der Waals surface area contributed by atoms with Crippen LogP contribution >= 0.6 is 0 Å². The lowest BCUT2D eigenvalue weighted by Crippen LogP contribution is -2.64. The standard InChI is InChI=1S/C15H30N2O/c1-12(2)13-14(3,4)11-18-15(16-13)7-6-9-17(5)10-8-15/h12-13,16H,6-11H2,1-5H3. The smallest absolute Gasteiger partial charge is 0.120 e. The molecule has 2 atom stereocenters. The molecule has 0 aromatic heterocycles. The predicted octanol–water partition coefficient (Wildman–Crippen LogP) is 2.47. The van der Waals surface area contributed by atoms with Crippen LogP contribution in [0.15, 0.2) is 0 Å². The summed E-state index contributed by atoms with van der Waals surface area (Å²) in [6.07, 6.45) is 3.49. The normalized spacial score (nSPS) is 38.0. The third kappa shape index (κ3) is 2.89. The molecular formula is C15H30N2O. The highest BCUT2D eigenvalue weighted by atomic mass is 16.5. The zero-order valence-corrected chi connectivity index (χ0v) is 12.8. The van der Waals surface area contributed by atoms with E-state index in [-0.39, 0.29) is 11.1 Å². The van der Waals surface area contributed by atoms with Gasteiger partial charge in [-0.15, -0.1) is 0 Å². The average molecular weight is 254 g/mol. The number of hydrogen-bond donors (Lipinski definition) is 1. The Bertz CT molecular complexity index is 290. The fourth-order valence-corrected chi connectivity index (χ4v) is 3.53. The first-order valence-corrected chi connectivity index (χ1v) is 7.45. The van der Waals surface area contributed by atoms with Gasteiger partial charge in [0.25, 0.3) is 0 Å². The molecule has 2 fully saturated rings. The lowest BCUT2D eigenvalue weighted by atomic mass is 9.76. The molecule has 18 heavy (non-hydrogen) atoms. The third-order valence-corrected chi connectivity index (χ3v) is 4.67. The first kappa shape index (κ1) is 14.3. The van der Waals surface area contributed by atoms with Crippen LogP contribution in [-0.2, 0) is 4.74 Å². The second-order valence-corrected chi connectivity index (χ2v) is 7.29. The lowest BCUT2D eigenvalue weighted by Gasteiger charge is -2.51. The average Bonchev–Trinajstić information content (AvgIpc) is 2.46. The fourth-order valence-electron chi connectivity index (χ4n) is 3.53. The van der Waals surface area contributed by atoms with Crippen LogP contribution in [-0.4, -0.2) is 43.4 Å². The minimum atomic E-state index is -0.0603. The van der Waals surface area contributed by atoms with Gasteiger partial charge in [0.15, 0.2) is 0 Å². The molecule has 2 heterocycles. The molecule has 0 bridgehead atoms. The summed E-state index contributed by atoms with van der Waals surface area (Å²) in [5, 5.41) is 3.87. The minimum absolute atomic E-state index is 0.0603. The van der Waals surface area contributed by atoms with Crippen molar-refractivity contribution in [2.45, 2.75) is 58.7 Å². The van der Waals surface area contributed by atoms with Gasteiger partial charge in [0.2, 0.25) is 0 Å². The maximum Gasteiger partial charge on any atom is 0.120 e. The summed E-state index contributed by atoms with van der Waals surface area (Å²) in [5.41, 5.74) is 0.173. The Labute approximate surface area is 112 Å². The number of likely N-dealkylation sites (tertiary alicyclic amines) is 1. The Hall–Kier alpha value is -0.120. The van der Waals surface area contributed by atoms with E-state index in [1.165, 1.54) is 13.0 Å². The molecule has 0 aromatic carbocycles. The first-order valence-electron chi connectivity index (χ1n) is 7.45. The maximum absolute atomic E-state index is 6.29. The summed E-state index contributed by atoms with van der Waals surface area (Å²) < 4.78 is 6.29. The molecule has 0 aliphatic carbocycles. The van der Waals surface area contributed by atoms with E-state index in [2.05, 4.69) is 45.0 Å². The second kappa shape index (κ2) is 5.10. The molecule has 1 spiro atoms. The van der Waals surface area contributed by atoms with Gasteiger partial charge >= 0.3 is 0 Å². The van der Waals surface area contributed by atoms with Gasteiger partial charge in [-0.3, -0.25) is 5.32 Å². The predicted molar refractivity (Wildman–Crippen MR) is 75.6 cm³/mol. The van der Waals surface area contributed by atoms with Crippen molar-refractivity contribution in [1.82, 2.24) is 10.2 Å². The van der Waals surface area contributed by atoms with Crippen molar-refractivity contribution in [3.05, 3.63) is 0 Å². The van der Waals surface area contributed by atoms with Gasteiger partial charge in [-0.1, -0.05) is 27.7 Å². The Kier molecular flexibility index (Phi) is 4.05. The van der Waals surface area contributed by atoms with E-state index >= 15 is 0 Å². The van der Waals surface area contributed by atoms with Crippen LogP contribution in [0.2, 0.25) is 0 Å². The van der Waals surface area contributed by atoms with E-state index in [1.807, 2.05) is 0 Å². The number of ether oxygens (including phenoxy) is 1. The summed E-state index contributed by atoms with van der Waals surface area (Å²) in [4.78, 5) is 2.42. The van der Waals surface area contributed by atoms with E-state index in [9.17, 15) is 0 Å². The Morgan fingerprint density at radius 3 is 2.61 bits per heavy atom. The van der Waals surface area contributed by atoms with Gasteiger partial charge in [-0.25, -0.2) is 0 Å². The molecule has 3 nitrogen and oxygen atoms in total. The maximum atomic E-state index is 6.29. The molecule has 0 amide bonds. The highest BCUT2D eigenvalue weighted by Gasteiger charge is 2.46. The van der Waals surface area contributed by atoms with Gasteiger partial charge < -0.3 is 9.64 Å². The molecule has 0 radical (unpaired) electrons. The van der Waals surface area contributed by atoms with Crippen molar-refractivity contribution in [1.29, 1.82) is 0 Å². The minimum Gasteiger partial charge on any atom is -0.360 e. The third-order valence-electron chi connectivity index (χ3n) is 4.67. The summed E-state index contributed by atoms with van der Waals surface area (Å²) in [6.45, 7) is 12.5. The summed E-state index contributed by atoms with van der Waals surface area (Å²) in [6, 6.07) is 0.551. The molecule has 106 valence electrons. The highest BCUT2D eigenvalue weighted by molar-refractivity contribution is 4.97. The topological polar surface area (TPSA) is 24.5 Å². The molecule has 1 N–H and O–H groups in total. The molecule has 2 saturated heterocycles. The first-order chi connectivity index (χ1) is 8.35. The van der Waals surface area contributed by atoms with Crippen LogP contribution in [0, 0.1) is 11.3 Å². The molecule has 2 aliphatic heterocycles. The van der Waals surface area contributed by atoms with E-state index in [4.69, 9.17) is 4.74 Å². The molecule has 2 aliphatic rings. The van der Waals surface area contributed by atoms with Crippen LogP contribution in [0.25, 0.3) is 0 Å². The SMILES string of the molecule is CC(C)C1NC2(CCCN(C)CC2)OCC1(C)C. The molecule has 0 saturated carbocycles. The van der Waals surface area contributed by atoms with Gasteiger partial charge in [0.1, 0.15) is 5.72 Å². The Morgan fingerprint density at radius 1 is 1.22 bits per heavy atom. The molecule has 3 heteroatoms. The summed E-state index contributed by atoms with van der Waals surface area (Å²) in [7, 11) is 2.21. The van der Waals surface area contributed by atoms with Crippen molar-refractivity contribution < 1.29 is 4.74 Å². The largest absolute Gasteiger partial charge is 0.360 e. The molecule has 2 rings (SSSR count). The molecular weight excluding hydrogens is 224 g/mol. The van der Waals surface area contributed by atoms with E-state index in [0.717, 1.165) is 26.0 Å².